The molecule has 1 aromatic heterocycles. The van der Waals surface area contributed by atoms with Gasteiger partial charge in [0.05, 0.1) is 11.6 Å². The van der Waals surface area contributed by atoms with E-state index in [0.717, 1.165) is 10.1 Å². The number of nitrogens with zero attached hydrogens (tertiary/aromatic N) is 1. The number of carbonyl (C=O) groups is 3. The van der Waals surface area contributed by atoms with E-state index >= 15 is 0 Å². The quantitative estimate of drug-likeness (QED) is 0.832. The van der Waals surface area contributed by atoms with Gasteiger partial charge in [-0.3, -0.25) is 9.59 Å². The molecule has 0 spiro atoms. The molecule has 0 fully saturated rings. The van der Waals surface area contributed by atoms with Crippen molar-refractivity contribution < 1.29 is 19.1 Å². The van der Waals surface area contributed by atoms with E-state index in [1.54, 1.807) is 0 Å². The summed E-state index contributed by atoms with van der Waals surface area (Å²) < 4.78 is 5.87. The summed E-state index contributed by atoms with van der Waals surface area (Å²) in [5, 5.41) is 3.50. The number of hydrogen-bond acceptors (Lipinski definition) is 5. The molecule has 0 aliphatic rings. The average molecular weight is 355 g/mol. The summed E-state index contributed by atoms with van der Waals surface area (Å²) in [6.45, 7) is -0.548. The number of thiophene rings is 1. The zero-order valence-electron chi connectivity index (χ0n) is 12.6. The van der Waals surface area contributed by atoms with Crippen molar-refractivity contribution in [1.82, 2.24) is 10.2 Å². The Hall–Kier alpha value is -2.12. The van der Waals surface area contributed by atoms with Gasteiger partial charge >= 0.3 is 5.97 Å². The van der Waals surface area contributed by atoms with Gasteiger partial charge in [-0.25, -0.2) is 4.79 Å². The van der Waals surface area contributed by atoms with Crippen LogP contribution in [-0.2, 0) is 14.3 Å². The number of likely N-dealkylation sites (N-methyl/N-ethyl adjacent to an activating group) is 2. The Bertz CT molecular complexity index is 759. The van der Waals surface area contributed by atoms with Gasteiger partial charge in [0.2, 0.25) is 5.91 Å². The van der Waals surface area contributed by atoms with Gasteiger partial charge in [0, 0.05) is 24.2 Å². The van der Waals surface area contributed by atoms with Gasteiger partial charge in [-0.1, -0.05) is 29.8 Å². The molecule has 8 heteroatoms. The molecule has 2 aromatic rings. The molecule has 0 saturated carbocycles. The fraction of sp³-hybridized carbons (Fsp3) is 0.267. The van der Waals surface area contributed by atoms with Gasteiger partial charge in [0.15, 0.2) is 6.61 Å². The van der Waals surface area contributed by atoms with Gasteiger partial charge in [-0.05, 0) is 6.07 Å². The first-order valence-corrected chi connectivity index (χ1v) is 7.92. The van der Waals surface area contributed by atoms with E-state index in [4.69, 9.17) is 16.3 Å². The van der Waals surface area contributed by atoms with Crippen LogP contribution >= 0.6 is 22.9 Å². The molecule has 0 unspecified atom stereocenters. The average Bonchev–Trinajstić information content (AvgIpc) is 2.89. The molecular weight excluding hydrogens is 340 g/mol. The standard InChI is InChI=1S/C15H15ClN2O4S/c1-17-11(19)7-18(2)12(20)8-22-15(21)14-13(16)9-5-3-4-6-10(9)23-14/h3-6H,7-8H2,1-2H3,(H,17,19). The number of carbonyl (C=O) groups excluding carboxylic acids is 3. The number of fused-ring (bicyclic) bond motifs is 1. The molecule has 1 heterocycles. The normalized spacial score (nSPS) is 10.4. The van der Waals surface area contributed by atoms with Crippen LogP contribution in [0.3, 0.4) is 0 Å². The number of benzene rings is 1. The second kappa shape index (κ2) is 7.43. The Labute approximate surface area is 142 Å². The Balaban J connectivity index is 2.00. The third-order valence-corrected chi connectivity index (χ3v) is 4.79. The van der Waals surface area contributed by atoms with Crippen molar-refractivity contribution in [3.63, 3.8) is 0 Å². The zero-order chi connectivity index (χ0) is 17.0. The Morgan fingerprint density at radius 1 is 1.30 bits per heavy atom. The number of hydrogen-bond donors (Lipinski definition) is 1. The predicted octanol–water partition coefficient (Wildman–Crippen LogP) is 1.92. The van der Waals surface area contributed by atoms with Crippen molar-refractivity contribution in [2.75, 3.05) is 27.2 Å². The van der Waals surface area contributed by atoms with Crippen LogP contribution in [-0.4, -0.2) is 49.9 Å². The molecule has 1 aromatic carbocycles. The first kappa shape index (κ1) is 17.2. The first-order chi connectivity index (χ1) is 10.9. The van der Waals surface area contributed by atoms with Gasteiger partial charge < -0.3 is 15.0 Å². The summed E-state index contributed by atoms with van der Waals surface area (Å²) in [6.07, 6.45) is 0. The van der Waals surface area contributed by atoms with Crippen LogP contribution in [0.2, 0.25) is 5.02 Å². The number of ether oxygens (including phenoxy) is 1. The lowest BCUT2D eigenvalue weighted by Gasteiger charge is -2.15. The van der Waals surface area contributed by atoms with Gasteiger partial charge in [-0.15, -0.1) is 11.3 Å². The molecule has 23 heavy (non-hydrogen) atoms. The van der Waals surface area contributed by atoms with E-state index in [9.17, 15) is 14.4 Å². The molecular formula is C15H15ClN2O4S. The van der Waals surface area contributed by atoms with Crippen molar-refractivity contribution in [2.45, 2.75) is 0 Å². The molecule has 0 radical (unpaired) electrons. The summed E-state index contributed by atoms with van der Waals surface area (Å²) in [4.78, 5) is 36.6. The van der Waals surface area contributed by atoms with E-state index in [2.05, 4.69) is 5.32 Å². The minimum atomic E-state index is -0.655. The van der Waals surface area contributed by atoms with Crippen molar-refractivity contribution in [3.05, 3.63) is 34.2 Å². The van der Waals surface area contributed by atoms with Crippen LogP contribution in [0, 0.1) is 0 Å². The first-order valence-electron chi connectivity index (χ1n) is 6.72. The highest BCUT2D eigenvalue weighted by Crippen LogP contribution is 2.35. The van der Waals surface area contributed by atoms with Crippen LogP contribution in [0.1, 0.15) is 9.67 Å². The van der Waals surface area contributed by atoms with E-state index < -0.39 is 18.5 Å². The van der Waals surface area contributed by atoms with Crippen molar-refractivity contribution in [2.24, 2.45) is 0 Å². The molecule has 0 saturated heterocycles. The molecule has 0 aliphatic heterocycles. The fourth-order valence-corrected chi connectivity index (χ4v) is 3.23. The van der Waals surface area contributed by atoms with Crippen LogP contribution in [0.4, 0.5) is 0 Å². The minimum absolute atomic E-state index is 0.101. The second-order valence-electron chi connectivity index (χ2n) is 4.74. The monoisotopic (exact) mass is 354 g/mol. The summed E-state index contributed by atoms with van der Waals surface area (Å²) in [7, 11) is 2.93. The topological polar surface area (TPSA) is 75.7 Å². The summed E-state index contributed by atoms with van der Waals surface area (Å²) in [6, 6.07) is 7.34. The van der Waals surface area contributed by atoms with Gasteiger partial charge in [0.25, 0.3) is 5.91 Å². The van der Waals surface area contributed by atoms with E-state index in [-0.39, 0.29) is 17.3 Å². The molecule has 1 N–H and O–H groups in total. The van der Waals surface area contributed by atoms with Crippen molar-refractivity contribution in [1.29, 1.82) is 0 Å². The Kier molecular flexibility index (Phi) is 5.57. The minimum Gasteiger partial charge on any atom is -0.451 e. The fourth-order valence-electron chi connectivity index (χ4n) is 1.83. The molecule has 122 valence electrons. The highest BCUT2D eigenvalue weighted by atomic mass is 35.5. The van der Waals surface area contributed by atoms with E-state index in [0.29, 0.717) is 5.02 Å². The lowest BCUT2D eigenvalue weighted by Crippen LogP contribution is -2.39. The third-order valence-electron chi connectivity index (χ3n) is 3.13. The van der Waals surface area contributed by atoms with Gasteiger partial charge in [-0.2, -0.15) is 0 Å². The smallest absolute Gasteiger partial charge is 0.350 e. The van der Waals surface area contributed by atoms with Crippen LogP contribution in [0.15, 0.2) is 24.3 Å². The maximum absolute atomic E-state index is 12.1. The Morgan fingerprint density at radius 2 is 2.00 bits per heavy atom. The number of esters is 1. The van der Waals surface area contributed by atoms with Crippen molar-refractivity contribution >= 4 is 50.8 Å². The lowest BCUT2D eigenvalue weighted by atomic mass is 10.2. The lowest BCUT2D eigenvalue weighted by molar-refractivity contribution is -0.137. The van der Waals surface area contributed by atoms with Crippen LogP contribution < -0.4 is 5.32 Å². The summed E-state index contributed by atoms with van der Waals surface area (Å²) >= 11 is 7.39. The van der Waals surface area contributed by atoms with Crippen molar-refractivity contribution in [3.8, 4) is 0 Å². The largest absolute Gasteiger partial charge is 0.451 e. The third kappa shape index (κ3) is 4.00. The van der Waals surface area contributed by atoms with Crippen LogP contribution in [0.25, 0.3) is 10.1 Å². The molecule has 2 amide bonds. The van der Waals surface area contributed by atoms with Crippen LogP contribution in [0.5, 0.6) is 0 Å². The van der Waals surface area contributed by atoms with E-state index in [1.165, 1.54) is 30.3 Å². The number of rotatable bonds is 5. The maximum atomic E-state index is 12.1. The maximum Gasteiger partial charge on any atom is 0.350 e. The second-order valence-corrected chi connectivity index (χ2v) is 6.17. The highest BCUT2D eigenvalue weighted by molar-refractivity contribution is 7.21. The SMILES string of the molecule is CNC(=O)CN(C)C(=O)COC(=O)c1sc2ccccc2c1Cl. The highest BCUT2D eigenvalue weighted by Gasteiger charge is 2.20. The van der Waals surface area contributed by atoms with Gasteiger partial charge in [0.1, 0.15) is 4.88 Å². The number of nitrogens with one attached hydrogen (secondary N) is 1. The summed E-state index contributed by atoms with van der Waals surface area (Å²) in [5.74, 6) is -1.43. The molecule has 2 rings (SSSR count). The molecule has 0 aliphatic carbocycles. The number of amides is 2. The Morgan fingerprint density at radius 3 is 2.65 bits per heavy atom. The molecule has 0 atom stereocenters. The molecule has 0 bridgehead atoms. The number of halogens is 1. The van der Waals surface area contributed by atoms with E-state index in [1.807, 2.05) is 24.3 Å². The molecule has 6 nitrogen and oxygen atoms in total. The predicted molar refractivity (Wildman–Crippen MR) is 88.8 cm³/mol. The zero-order valence-corrected chi connectivity index (χ0v) is 14.2. The summed E-state index contributed by atoms with van der Waals surface area (Å²) in [5.41, 5.74) is 0.